The highest BCUT2D eigenvalue weighted by molar-refractivity contribution is 5.76. The highest BCUT2D eigenvalue weighted by Gasteiger charge is 2.18. The molecule has 4 rings (SSSR count). The molecule has 4 aromatic rings. The van der Waals surface area contributed by atoms with Gasteiger partial charge in [0.05, 0.1) is 5.69 Å². The van der Waals surface area contributed by atoms with Gasteiger partial charge < -0.3 is 0 Å². The van der Waals surface area contributed by atoms with E-state index in [4.69, 9.17) is 10.2 Å². The van der Waals surface area contributed by atoms with E-state index in [-0.39, 0.29) is 5.41 Å². The van der Waals surface area contributed by atoms with E-state index >= 15 is 0 Å². The summed E-state index contributed by atoms with van der Waals surface area (Å²) in [5.74, 6) is 0. The summed E-state index contributed by atoms with van der Waals surface area (Å²) in [5.41, 5.74) is 6.45. The van der Waals surface area contributed by atoms with E-state index in [0.29, 0.717) is 0 Å². The maximum atomic E-state index is 4.70. The number of hydrogen-bond acceptors (Lipinski definition) is 2. The molecular weight excluding hydrogens is 306 g/mol. The van der Waals surface area contributed by atoms with E-state index in [1.165, 1.54) is 11.1 Å². The van der Waals surface area contributed by atoms with Gasteiger partial charge in [-0.3, -0.25) is 0 Å². The van der Waals surface area contributed by atoms with Gasteiger partial charge in [0.1, 0.15) is 11.0 Å². The van der Waals surface area contributed by atoms with E-state index in [9.17, 15) is 0 Å². The third-order valence-electron chi connectivity index (χ3n) is 4.45. The molecule has 0 spiro atoms. The first-order chi connectivity index (χ1) is 12.0. The van der Waals surface area contributed by atoms with Crippen LogP contribution in [-0.2, 0) is 5.41 Å². The topological polar surface area (TPSA) is 30.7 Å². The molecule has 1 aromatic heterocycles. The number of fused-ring (bicyclic) bond motifs is 1. The van der Waals surface area contributed by atoms with E-state index < -0.39 is 0 Å². The molecule has 0 N–H and O–H groups in total. The van der Waals surface area contributed by atoms with Gasteiger partial charge in [0, 0.05) is 5.56 Å². The Labute approximate surface area is 147 Å². The maximum absolute atomic E-state index is 4.70. The lowest BCUT2D eigenvalue weighted by Gasteiger charge is -2.21. The summed E-state index contributed by atoms with van der Waals surface area (Å²) >= 11 is 0. The molecule has 0 saturated carbocycles. The van der Waals surface area contributed by atoms with Gasteiger partial charge in [-0.1, -0.05) is 75.4 Å². The minimum atomic E-state index is 0.0660. The average Bonchev–Trinajstić information content (AvgIpc) is 3.05. The Morgan fingerprint density at radius 3 is 1.92 bits per heavy atom. The zero-order valence-corrected chi connectivity index (χ0v) is 14.8. The van der Waals surface area contributed by atoms with Crippen LogP contribution >= 0.6 is 0 Å². The van der Waals surface area contributed by atoms with Crippen LogP contribution in [0.3, 0.4) is 0 Å². The third-order valence-corrected chi connectivity index (χ3v) is 4.45. The van der Waals surface area contributed by atoms with Crippen LogP contribution in [0, 0.1) is 0 Å². The van der Waals surface area contributed by atoms with E-state index in [2.05, 4.69) is 63.2 Å². The van der Waals surface area contributed by atoms with Crippen molar-refractivity contribution in [1.29, 1.82) is 0 Å². The summed E-state index contributed by atoms with van der Waals surface area (Å²) in [6.07, 6.45) is 0. The predicted molar refractivity (Wildman–Crippen MR) is 103 cm³/mol. The van der Waals surface area contributed by atoms with Gasteiger partial charge in [-0.15, -0.1) is 15.0 Å². The first-order valence-electron chi connectivity index (χ1n) is 8.55. The highest BCUT2D eigenvalue weighted by Crippen LogP contribution is 2.32. The molecule has 0 unspecified atom stereocenters. The van der Waals surface area contributed by atoms with Crippen molar-refractivity contribution in [2.24, 2.45) is 0 Å². The summed E-state index contributed by atoms with van der Waals surface area (Å²) in [6, 6.07) is 25.0. The molecule has 0 bridgehead atoms. The lowest BCUT2D eigenvalue weighted by Crippen LogP contribution is -2.12. The molecule has 0 saturated heterocycles. The van der Waals surface area contributed by atoms with Gasteiger partial charge in [-0.05, 0) is 34.7 Å². The first kappa shape index (κ1) is 15.6. The van der Waals surface area contributed by atoms with Crippen molar-refractivity contribution in [1.82, 2.24) is 15.0 Å². The Kier molecular flexibility index (Phi) is 3.65. The molecule has 0 aliphatic heterocycles. The molecule has 0 amide bonds. The highest BCUT2D eigenvalue weighted by atomic mass is 15.5. The Morgan fingerprint density at radius 1 is 0.720 bits per heavy atom. The fraction of sp³-hybridized carbons (Fsp3) is 0.182. The fourth-order valence-corrected chi connectivity index (χ4v) is 2.99. The zero-order chi connectivity index (χ0) is 17.4. The molecule has 0 atom stereocenters. The van der Waals surface area contributed by atoms with Crippen molar-refractivity contribution in [3.63, 3.8) is 0 Å². The van der Waals surface area contributed by atoms with Crippen LogP contribution in [-0.4, -0.2) is 15.0 Å². The van der Waals surface area contributed by atoms with Gasteiger partial charge in [0.15, 0.2) is 0 Å². The Bertz CT molecular complexity index is 991. The largest absolute Gasteiger partial charge is 0.150 e. The van der Waals surface area contributed by atoms with Crippen LogP contribution in [0.5, 0.6) is 0 Å². The SMILES string of the molecule is CC(C)(C)c1ccc(-c2ccccc2)c(-n2nc3ccccc3n2)c1. The van der Waals surface area contributed by atoms with Gasteiger partial charge in [0.2, 0.25) is 0 Å². The standard InChI is InChI=1S/C22H21N3/c1-22(2,3)17-13-14-18(16-9-5-4-6-10-16)21(15-17)25-23-19-11-7-8-12-20(19)24-25/h4-15H,1-3H3. The van der Waals surface area contributed by atoms with Crippen LogP contribution < -0.4 is 0 Å². The second-order valence-corrected chi connectivity index (χ2v) is 7.33. The van der Waals surface area contributed by atoms with Crippen LogP contribution in [0.25, 0.3) is 27.8 Å². The lowest BCUT2D eigenvalue weighted by molar-refractivity contribution is 0.589. The molecule has 3 aromatic carbocycles. The van der Waals surface area contributed by atoms with E-state index in [0.717, 1.165) is 22.3 Å². The van der Waals surface area contributed by atoms with Crippen LogP contribution in [0.2, 0.25) is 0 Å². The molecule has 124 valence electrons. The molecule has 0 fully saturated rings. The number of rotatable bonds is 2. The van der Waals surface area contributed by atoms with Crippen molar-refractivity contribution in [2.45, 2.75) is 26.2 Å². The molecule has 3 heteroatoms. The van der Waals surface area contributed by atoms with Gasteiger partial charge in [0.25, 0.3) is 0 Å². The second-order valence-electron chi connectivity index (χ2n) is 7.33. The molecule has 0 aliphatic rings. The van der Waals surface area contributed by atoms with Gasteiger partial charge in [-0.25, -0.2) is 0 Å². The Hall–Kier alpha value is -2.94. The summed E-state index contributed by atoms with van der Waals surface area (Å²) < 4.78 is 0. The van der Waals surface area contributed by atoms with Crippen molar-refractivity contribution in [3.8, 4) is 16.8 Å². The summed E-state index contributed by atoms with van der Waals surface area (Å²) in [5, 5.41) is 9.40. The first-order valence-corrected chi connectivity index (χ1v) is 8.55. The van der Waals surface area contributed by atoms with Crippen molar-refractivity contribution in [2.75, 3.05) is 0 Å². The smallest absolute Gasteiger partial charge is 0.113 e. The van der Waals surface area contributed by atoms with Crippen LogP contribution in [0.1, 0.15) is 26.3 Å². The predicted octanol–water partition coefficient (Wildman–Crippen LogP) is 5.39. The fourth-order valence-electron chi connectivity index (χ4n) is 2.99. The average molecular weight is 327 g/mol. The summed E-state index contributed by atoms with van der Waals surface area (Å²) in [4.78, 5) is 1.77. The monoisotopic (exact) mass is 327 g/mol. The molecule has 3 nitrogen and oxygen atoms in total. The molecule has 0 radical (unpaired) electrons. The van der Waals surface area contributed by atoms with Crippen molar-refractivity contribution in [3.05, 3.63) is 78.4 Å². The Balaban J connectivity index is 1.96. The van der Waals surface area contributed by atoms with Crippen LogP contribution in [0.15, 0.2) is 72.8 Å². The van der Waals surface area contributed by atoms with Crippen molar-refractivity contribution < 1.29 is 0 Å². The summed E-state index contributed by atoms with van der Waals surface area (Å²) in [6.45, 7) is 6.67. The lowest BCUT2D eigenvalue weighted by atomic mass is 9.85. The number of hydrogen-bond donors (Lipinski definition) is 0. The van der Waals surface area contributed by atoms with Crippen LogP contribution in [0.4, 0.5) is 0 Å². The number of benzene rings is 3. The Morgan fingerprint density at radius 2 is 1.32 bits per heavy atom. The van der Waals surface area contributed by atoms with Gasteiger partial charge in [-0.2, -0.15) is 0 Å². The minimum absolute atomic E-state index is 0.0660. The minimum Gasteiger partial charge on any atom is -0.150 e. The van der Waals surface area contributed by atoms with E-state index in [1.807, 2.05) is 30.3 Å². The normalized spacial score (nSPS) is 11.8. The molecule has 25 heavy (non-hydrogen) atoms. The van der Waals surface area contributed by atoms with E-state index in [1.54, 1.807) is 4.80 Å². The zero-order valence-electron chi connectivity index (χ0n) is 14.8. The molecule has 0 aliphatic carbocycles. The molecular formula is C22H21N3. The summed E-state index contributed by atoms with van der Waals surface area (Å²) in [7, 11) is 0. The quantitative estimate of drug-likeness (QED) is 0.494. The van der Waals surface area contributed by atoms with Crippen molar-refractivity contribution >= 4 is 11.0 Å². The second kappa shape index (κ2) is 5.85. The number of aromatic nitrogens is 3. The molecule has 1 heterocycles. The number of nitrogens with zero attached hydrogens (tertiary/aromatic N) is 3. The third kappa shape index (κ3) is 2.93. The maximum Gasteiger partial charge on any atom is 0.113 e. The van der Waals surface area contributed by atoms with Gasteiger partial charge >= 0.3 is 0 Å².